The van der Waals surface area contributed by atoms with E-state index in [2.05, 4.69) is 0 Å². The smallest absolute Gasteiger partial charge is 0.179 e. The maximum atomic E-state index is 14.9. The van der Waals surface area contributed by atoms with Crippen molar-refractivity contribution in [2.75, 3.05) is 0 Å². The maximum absolute atomic E-state index is 14.9. The Bertz CT molecular complexity index is 823. The van der Waals surface area contributed by atoms with Crippen LogP contribution in [0.3, 0.4) is 0 Å². The maximum Gasteiger partial charge on any atom is 0.179 e. The summed E-state index contributed by atoms with van der Waals surface area (Å²) in [6, 6.07) is 13.7. The van der Waals surface area contributed by atoms with E-state index in [1.807, 2.05) is 38.2 Å². The van der Waals surface area contributed by atoms with Crippen LogP contribution in [0.1, 0.15) is 5.56 Å². The molecular weight excluding hydrogens is 280 g/mol. The minimum atomic E-state index is -0.375. The second kappa shape index (κ2) is 5.68. The number of nitrogens with zero attached hydrogens (tertiary/aromatic N) is 1. The molecule has 0 spiro atoms. The molecule has 0 amide bonds. The molecule has 0 saturated heterocycles. The first-order chi connectivity index (χ1) is 10.5. The third-order valence-electron chi connectivity index (χ3n) is 3.64. The summed E-state index contributed by atoms with van der Waals surface area (Å²) in [5.74, 6) is -0.715. The number of aryl methyl sites for hydroxylation is 2. The summed E-state index contributed by atoms with van der Waals surface area (Å²) in [6.07, 6.45) is 3.41. The Kier molecular flexibility index (Phi) is 3.72. The van der Waals surface area contributed by atoms with E-state index < -0.39 is 0 Å². The van der Waals surface area contributed by atoms with Crippen molar-refractivity contribution >= 4 is 0 Å². The Labute approximate surface area is 128 Å². The molecule has 1 nitrogen and oxygen atoms in total. The minimum absolute atomic E-state index is 0.340. The highest BCUT2D eigenvalue weighted by atomic mass is 19.1. The monoisotopic (exact) mass is 296 g/mol. The summed E-state index contributed by atoms with van der Waals surface area (Å²) in [6.45, 7) is 1.99. The van der Waals surface area contributed by atoms with E-state index in [1.165, 1.54) is 12.1 Å². The fourth-order valence-corrected chi connectivity index (χ4v) is 2.49. The largest absolute Gasteiger partial charge is 0.207 e. The summed E-state index contributed by atoms with van der Waals surface area (Å²) in [4.78, 5) is 0. The van der Waals surface area contributed by atoms with Crippen molar-refractivity contribution in [3.05, 3.63) is 78.1 Å². The lowest BCUT2D eigenvalue weighted by Gasteiger charge is -2.08. The Hall–Kier alpha value is -2.55. The van der Waals surface area contributed by atoms with Gasteiger partial charge in [-0.25, -0.2) is 13.3 Å². The van der Waals surface area contributed by atoms with E-state index in [1.54, 1.807) is 29.1 Å². The molecule has 0 aliphatic carbocycles. The standard InChI is InChI=1S/C19H16F2N/c1-13-6-8-14(9-7-13)17-11-22(2)12-18(19(17)21)15-4-3-5-16(20)10-15/h3-12H,1-2H3/q+1. The molecule has 1 heterocycles. The molecule has 0 aliphatic rings. The molecule has 1 aromatic heterocycles. The van der Waals surface area contributed by atoms with Crippen LogP contribution >= 0.6 is 0 Å². The van der Waals surface area contributed by atoms with Gasteiger partial charge in [0.15, 0.2) is 18.2 Å². The van der Waals surface area contributed by atoms with Gasteiger partial charge in [0.25, 0.3) is 0 Å². The van der Waals surface area contributed by atoms with Crippen LogP contribution in [0.25, 0.3) is 22.3 Å². The molecule has 3 aromatic rings. The summed E-state index contributed by atoms with van der Waals surface area (Å²) in [7, 11) is 1.83. The van der Waals surface area contributed by atoms with Crippen LogP contribution in [0.5, 0.6) is 0 Å². The van der Waals surface area contributed by atoms with Gasteiger partial charge in [0.05, 0.1) is 11.1 Å². The van der Waals surface area contributed by atoms with Crippen LogP contribution < -0.4 is 4.57 Å². The van der Waals surface area contributed by atoms with Gasteiger partial charge < -0.3 is 0 Å². The number of hydrogen-bond donors (Lipinski definition) is 0. The van der Waals surface area contributed by atoms with Crippen LogP contribution in [0.2, 0.25) is 0 Å². The average Bonchev–Trinajstić information content (AvgIpc) is 2.50. The van der Waals surface area contributed by atoms with E-state index in [4.69, 9.17) is 0 Å². The third-order valence-corrected chi connectivity index (χ3v) is 3.64. The normalized spacial score (nSPS) is 10.7. The van der Waals surface area contributed by atoms with E-state index in [0.29, 0.717) is 16.7 Å². The number of pyridine rings is 1. The molecular formula is C19H16F2N+. The Morgan fingerprint density at radius 3 is 2.09 bits per heavy atom. The number of halogens is 2. The minimum Gasteiger partial charge on any atom is -0.207 e. The van der Waals surface area contributed by atoms with Crippen molar-refractivity contribution in [2.24, 2.45) is 7.05 Å². The van der Waals surface area contributed by atoms with Gasteiger partial charge in [-0.05, 0) is 30.2 Å². The molecule has 3 rings (SSSR count). The second-order valence-corrected chi connectivity index (χ2v) is 5.44. The molecule has 0 unspecified atom stereocenters. The molecule has 3 heteroatoms. The SMILES string of the molecule is Cc1ccc(-c2c[n+](C)cc(-c3cccc(F)c3)c2F)cc1. The van der Waals surface area contributed by atoms with Crippen molar-refractivity contribution in [2.45, 2.75) is 6.92 Å². The zero-order valence-corrected chi connectivity index (χ0v) is 12.5. The summed E-state index contributed by atoms with van der Waals surface area (Å²) < 4.78 is 30.1. The highest BCUT2D eigenvalue weighted by molar-refractivity contribution is 5.72. The lowest BCUT2D eigenvalue weighted by atomic mass is 10.00. The Morgan fingerprint density at radius 2 is 1.45 bits per heavy atom. The Morgan fingerprint density at radius 1 is 0.818 bits per heavy atom. The van der Waals surface area contributed by atoms with E-state index >= 15 is 0 Å². The van der Waals surface area contributed by atoms with Crippen molar-refractivity contribution in [1.82, 2.24) is 0 Å². The quantitative estimate of drug-likeness (QED) is 0.616. The predicted octanol–water partition coefficient (Wildman–Crippen LogP) is 4.43. The van der Waals surface area contributed by atoms with Gasteiger partial charge in [0, 0.05) is 0 Å². The van der Waals surface area contributed by atoms with Gasteiger partial charge in [-0.15, -0.1) is 0 Å². The Balaban J connectivity index is 2.19. The van der Waals surface area contributed by atoms with Crippen molar-refractivity contribution in [3.63, 3.8) is 0 Å². The molecule has 0 bridgehead atoms. The van der Waals surface area contributed by atoms with Gasteiger partial charge in [-0.2, -0.15) is 0 Å². The first-order valence-corrected chi connectivity index (χ1v) is 7.06. The highest BCUT2D eigenvalue weighted by Gasteiger charge is 2.17. The van der Waals surface area contributed by atoms with E-state index in [-0.39, 0.29) is 11.6 Å². The third kappa shape index (κ3) is 2.75. The summed E-state index contributed by atoms with van der Waals surface area (Å²) in [5.41, 5.74) is 3.35. The van der Waals surface area contributed by atoms with Crippen LogP contribution in [0.15, 0.2) is 60.9 Å². The molecule has 110 valence electrons. The first-order valence-electron chi connectivity index (χ1n) is 7.06. The zero-order chi connectivity index (χ0) is 15.7. The van der Waals surface area contributed by atoms with Crippen LogP contribution in [0, 0.1) is 18.6 Å². The van der Waals surface area contributed by atoms with Crippen molar-refractivity contribution < 1.29 is 13.3 Å². The van der Waals surface area contributed by atoms with Gasteiger partial charge in [-0.1, -0.05) is 42.0 Å². The number of aromatic nitrogens is 1. The first kappa shape index (κ1) is 14.4. The molecule has 0 N–H and O–H groups in total. The predicted molar refractivity (Wildman–Crippen MR) is 83.1 cm³/mol. The van der Waals surface area contributed by atoms with Crippen molar-refractivity contribution in [3.8, 4) is 22.3 Å². The lowest BCUT2D eigenvalue weighted by molar-refractivity contribution is -0.670. The number of rotatable bonds is 2. The fourth-order valence-electron chi connectivity index (χ4n) is 2.49. The number of hydrogen-bond acceptors (Lipinski definition) is 0. The topological polar surface area (TPSA) is 3.88 Å². The molecule has 0 atom stereocenters. The molecule has 0 fully saturated rings. The van der Waals surface area contributed by atoms with Gasteiger partial charge in [-0.3, -0.25) is 0 Å². The van der Waals surface area contributed by atoms with Gasteiger partial charge in [0.1, 0.15) is 12.9 Å². The molecule has 0 aliphatic heterocycles. The van der Waals surface area contributed by atoms with Crippen LogP contribution in [0.4, 0.5) is 8.78 Å². The number of benzene rings is 2. The lowest BCUT2D eigenvalue weighted by Crippen LogP contribution is -2.28. The summed E-state index contributed by atoms with van der Waals surface area (Å²) in [5, 5.41) is 0. The second-order valence-electron chi connectivity index (χ2n) is 5.44. The molecule has 0 radical (unpaired) electrons. The van der Waals surface area contributed by atoms with Gasteiger partial charge in [0.2, 0.25) is 0 Å². The van der Waals surface area contributed by atoms with Crippen LogP contribution in [-0.2, 0) is 7.05 Å². The van der Waals surface area contributed by atoms with Crippen LogP contribution in [-0.4, -0.2) is 0 Å². The molecule has 22 heavy (non-hydrogen) atoms. The van der Waals surface area contributed by atoms with E-state index in [9.17, 15) is 8.78 Å². The van der Waals surface area contributed by atoms with Gasteiger partial charge >= 0.3 is 0 Å². The van der Waals surface area contributed by atoms with Crippen molar-refractivity contribution in [1.29, 1.82) is 0 Å². The average molecular weight is 296 g/mol. The zero-order valence-electron chi connectivity index (χ0n) is 12.5. The highest BCUT2D eigenvalue weighted by Crippen LogP contribution is 2.29. The fraction of sp³-hybridized carbons (Fsp3) is 0.105. The van der Waals surface area contributed by atoms with E-state index in [0.717, 1.165) is 11.1 Å². The molecule has 0 saturated carbocycles. The summed E-state index contributed by atoms with van der Waals surface area (Å²) >= 11 is 0. The molecule has 2 aromatic carbocycles.